The second kappa shape index (κ2) is 16.7. The van der Waals surface area contributed by atoms with E-state index in [4.69, 9.17) is 9.47 Å². The Morgan fingerprint density at radius 1 is 0.452 bits per heavy atom. The van der Waals surface area contributed by atoms with E-state index in [0.29, 0.717) is 0 Å². The molecular weight excluding hydrogens is 516 g/mol. The first kappa shape index (κ1) is 31.3. The Morgan fingerprint density at radius 3 is 1.21 bits per heavy atom. The highest BCUT2D eigenvalue weighted by Gasteiger charge is 2.14. The van der Waals surface area contributed by atoms with Crippen LogP contribution in [0.5, 0.6) is 23.0 Å². The van der Waals surface area contributed by atoms with Crippen LogP contribution in [0.15, 0.2) is 84.9 Å². The minimum Gasteiger partial charge on any atom is -0.455 e. The molecule has 0 aliphatic rings. The average molecular weight is 567 g/mol. The Hall–Kier alpha value is -3.66. The molecule has 42 heavy (non-hydrogen) atoms. The zero-order valence-electron chi connectivity index (χ0n) is 26.3. The van der Waals surface area contributed by atoms with Crippen LogP contribution in [-0.2, 0) is 0 Å². The van der Waals surface area contributed by atoms with Crippen molar-refractivity contribution in [3.05, 3.63) is 84.9 Å². The fourth-order valence-corrected chi connectivity index (χ4v) is 5.29. The Kier molecular flexibility index (Phi) is 12.4. The Balaban J connectivity index is 1.58. The summed E-state index contributed by atoms with van der Waals surface area (Å²) in [5.41, 5.74) is 2.34. The fourth-order valence-electron chi connectivity index (χ4n) is 5.29. The third-order valence-electron chi connectivity index (χ3n) is 7.78. The van der Waals surface area contributed by atoms with Gasteiger partial charge in [0, 0.05) is 26.2 Å². The van der Waals surface area contributed by atoms with Crippen LogP contribution in [0.4, 0.5) is 11.4 Å². The molecule has 0 N–H and O–H groups in total. The smallest absolute Gasteiger partial charge is 0.150 e. The molecule has 4 aromatic rings. The number of unbranched alkanes of at least 4 members (excludes halogenated alkanes) is 4. The number of hydrogen-bond donors (Lipinski definition) is 0. The monoisotopic (exact) mass is 566 g/mol. The Bertz CT molecular complexity index is 1250. The van der Waals surface area contributed by atoms with Crippen molar-refractivity contribution in [3.63, 3.8) is 0 Å². The summed E-state index contributed by atoms with van der Waals surface area (Å²) in [5.74, 6) is 3.49. The summed E-state index contributed by atoms with van der Waals surface area (Å²) in [6, 6.07) is 29.6. The molecule has 224 valence electrons. The molecule has 0 fully saturated rings. The minimum absolute atomic E-state index is 0.837. The quantitative estimate of drug-likeness (QED) is 0.120. The molecule has 0 aromatic heterocycles. The summed E-state index contributed by atoms with van der Waals surface area (Å²) in [7, 11) is 0. The van der Waals surface area contributed by atoms with Crippen molar-refractivity contribution < 1.29 is 9.47 Å². The predicted molar refractivity (Wildman–Crippen MR) is 181 cm³/mol. The molecule has 4 heteroatoms. The van der Waals surface area contributed by atoms with Crippen LogP contribution in [0.3, 0.4) is 0 Å². The molecule has 4 aromatic carbocycles. The molecule has 4 nitrogen and oxygen atoms in total. The number of rotatable bonds is 18. The predicted octanol–water partition coefficient (Wildman–Crippen LogP) is 11.2. The SMILES string of the molecule is CCCCN(CCCC)c1ccccc1Oc1ccc2ccc(Oc3ccccc3N(CCCC)CCCC)cc2c1. The lowest BCUT2D eigenvalue weighted by Crippen LogP contribution is -2.26. The van der Waals surface area contributed by atoms with Gasteiger partial charge in [0.25, 0.3) is 0 Å². The first-order valence-corrected chi connectivity index (χ1v) is 16.2. The topological polar surface area (TPSA) is 24.9 Å². The molecule has 0 saturated carbocycles. The lowest BCUT2D eigenvalue weighted by molar-refractivity contribution is 0.479. The van der Waals surface area contributed by atoms with Crippen molar-refractivity contribution in [1.29, 1.82) is 0 Å². The van der Waals surface area contributed by atoms with Crippen molar-refractivity contribution in [2.45, 2.75) is 79.1 Å². The molecular formula is C38H50N2O2. The molecule has 0 bridgehead atoms. The highest BCUT2D eigenvalue weighted by molar-refractivity contribution is 5.85. The van der Waals surface area contributed by atoms with Gasteiger partial charge in [-0.2, -0.15) is 0 Å². The maximum Gasteiger partial charge on any atom is 0.150 e. The second-order valence-corrected chi connectivity index (χ2v) is 11.2. The van der Waals surface area contributed by atoms with E-state index in [9.17, 15) is 0 Å². The number of ether oxygens (including phenoxy) is 2. The van der Waals surface area contributed by atoms with E-state index in [0.717, 1.165) is 59.9 Å². The molecule has 4 rings (SSSR count). The first-order chi connectivity index (χ1) is 20.7. The lowest BCUT2D eigenvalue weighted by Gasteiger charge is -2.27. The molecule has 0 spiro atoms. The van der Waals surface area contributed by atoms with E-state index in [1.807, 2.05) is 0 Å². The summed E-state index contributed by atoms with van der Waals surface area (Å²) < 4.78 is 13.1. The number of para-hydroxylation sites is 4. The van der Waals surface area contributed by atoms with Crippen molar-refractivity contribution in [2.24, 2.45) is 0 Å². The van der Waals surface area contributed by atoms with E-state index in [1.54, 1.807) is 0 Å². The summed E-state index contributed by atoms with van der Waals surface area (Å²) in [4.78, 5) is 4.97. The van der Waals surface area contributed by atoms with Crippen molar-refractivity contribution >= 4 is 22.1 Å². The minimum atomic E-state index is 0.837. The van der Waals surface area contributed by atoms with Crippen LogP contribution in [0.1, 0.15) is 79.1 Å². The van der Waals surface area contributed by atoms with Gasteiger partial charge in [-0.1, -0.05) is 89.8 Å². The molecule has 0 atom stereocenters. The van der Waals surface area contributed by atoms with Gasteiger partial charge in [0.05, 0.1) is 11.4 Å². The Morgan fingerprint density at radius 2 is 0.833 bits per heavy atom. The first-order valence-electron chi connectivity index (χ1n) is 16.2. The van der Waals surface area contributed by atoms with Crippen molar-refractivity contribution in [1.82, 2.24) is 0 Å². The van der Waals surface area contributed by atoms with Gasteiger partial charge in [0.1, 0.15) is 11.5 Å². The summed E-state index contributed by atoms with van der Waals surface area (Å²) in [6.07, 6.45) is 9.43. The molecule has 0 aliphatic heterocycles. The number of benzene rings is 4. The molecule has 0 saturated heterocycles. The van der Waals surface area contributed by atoms with Gasteiger partial charge in [-0.25, -0.2) is 0 Å². The average Bonchev–Trinajstić information content (AvgIpc) is 3.02. The van der Waals surface area contributed by atoms with E-state index in [2.05, 4.69) is 122 Å². The van der Waals surface area contributed by atoms with Crippen LogP contribution in [-0.4, -0.2) is 26.2 Å². The van der Waals surface area contributed by atoms with Gasteiger partial charge in [-0.15, -0.1) is 0 Å². The summed E-state index contributed by atoms with van der Waals surface area (Å²) >= 11 is 0. The standard InChI is InChI=1S/C38H50N2O2/c1-5-9-25-39(26-10-6-2)35-17-13-15-19-37(35)41-33-23-21-31-22-24-34(30-32(31)29-33)42-38-20-16-14-18-36(38)40(27-11-7-3)28-12-8-4/h13-24,29-30H,5-12,25-28H2,1-4H3. The normalized spacial score (nSPS) is 11.0. The van der Waals surface area contributed by atoms with Crippen molar-refractivity contribution in [3.8, 4) is 23.0 Å². The highest BCUT2D eigenvalue weighted by atomic mass is 16.5. The van der Waals surface area contributed by atoms with Gasteiger partial charge in [0.2, 0.25) is 0 Å². The van der Waals surface area contributed by atoms with Crippen LogP contribution in [0.25, 0.3) is 10.8 Å². The molecule has 0 unspecified atom stereocenters. The van der Waals surface area contributed by atoms with Crippen LogP contribution in [0, 0.1) is 0 Å². The second-order valence-electron chi connectivity index (χ2n) is 11.2. The number of anilines is 2. The van der Waals surface area contributed by atoms with E-state index in [-0.39, 0.29) is 0 Å². The van der Waals surface area contributed by atoms with Gasteiger partial charge >= 0.3 is 0 Å². The number of hydrogen-bond acceptors (Lipinski definition) is 4. The number of nitrogens with zero attached hydrogens (tertiary/aromatic N) is 2. The largest absolute Gasteiger partial charge is 0.455 e. The zero-order valence-corrected chi connectivity index (χ0v) is 26.3. The highest BCUT2D eigenvalue weighted by Crippen LogP contribution is 2.37. The van der Waals surface area contributed by atoms with E-state index in [1.165, 1.54) is 62.7 Å². The maximum absolute atomic E-state index is 6.55. The van der Waals surface area contributed by atoms with Gasteiger partial charge in [0.15, 0.2) is 11.5 Å². The summed E-state index contributed by atoms with van der Waals surface area (Å²) in [5, 5.41) is 2.26. The molecule has 0 amide bonds. The Labute approximate surface area is 254 Å². The molecule has 0 heterocycles. The van der Waals surface area contributed by atoms with Crippen LogP contribution in [0.2, 0.25) is 0 Å². The lowest BCUT2D eigenvalue weighted by atomic mass is 10.1. The maximum atomic E-state index is 6.55. The van der Waals surface area contributed by atoms with E-state index < -0.39 is 0 Å². The van der Waals surface area contributed by atoms with Gasteiger partial charge in [-0.05, 0) is 85.0 Å². The molecule has 0 aliphatic carbocycles. The van der Waals surface area contributed by atoms with Gasteiger partial charge < -0.3 is 19.3 Å². The number of fused-ring (bicyclic) bond motifs is 1. The third kappa shape index (κ3) is 8.67. The fraction of sp³-hybridized carbons (Fsp3) is 0.421. The zero-order chi connectivity index (χ0) is 29.6. The van der Waals surface area contributed by atoms with Gasteiger partial charge in [-0.3, -0.25) is 0 Å². The van der Waals surface area contributed by atoms with Crippen LogP contribution >= 0.6 is 0 Å². The third-order valence-corrected chi connectivity index (χ3v) is 7.78. The molecule has 0 radical (unpaired) electrons. The van der Waals surface area contributed by atoms with Crippen LogP contribution < -0.4 is 19.3 Å². The van der Waals surface area contributed by atoms with Crippen molar-refractivity contribution in [2.75, 3.05) is 36.0 Å². The van der Waals surface area contributed by atoms with E-state index >= 15 is 0 Å². The summed E-state index contributed by atoms with van der Waals surface area (Å²) in [6.45, 7) is 13.2.